The van der Waals surface area contributed by atoms with E-state index in [0.717, 1.165) is 66.1 Å². The van der Waals surface area contributed by atoms with E-state index in [4.69, 9.17) is 0 Å². The van der Waals surface area contributed by atoms with Crippen LogP contribution in [0.15, 0.2) is 236 Å². The maximum Gasteiger partial charge on any atom is 0.0645 e. The average molecular weight is 730 g/mol. The predicted molar refractivity (Wildman–Crippen MR) is 243 cm³/mol. The van der Waals surface area contributed by atoms with Crippen LogP contribution in [0.1, 0.15) is 5.48 Å². The summed E-state index contributed by atoms with van der Waals surface area (Å²) in [7, 11) is 0. The minimum atomic E-state index is -0.122. The molecule has 1 nitrogen and oxygen atoms in total. The van der Waals surface area contributed by atoms with Gasteiger partial charge in [-0.15, -0.1) is 0 Å². The molecular formula is C56H39N. The summed E-state index contributed by atoms with van der Waals surface area (Å²) < 4.78 is 38.0. The smallest absolute Gasteiger partial charge is 0.0645 e. The fourth-order valence-corrected chi connectivity index (χ4v) is 7.84. The van der Waals surface area contributed by atoms with Crippen LogP contribution < -0.4 is 4.90 Å². The van der Waals surface area contributed by atoms with E-state index >= 15 is 0 Å². The van der Waals surface area contributed by atoms with Gasteiger partial charge in [-0.2, -0.15) is 0 Å². The van der Waals surface area contributed by atoms with E-state index in [1.807, 2.05) is 102 Å². The number of benzene rings is 10. The van der Waals surface area contributed by atoms with Crippen molar-refractivity contribution in [1.82, 2.24) is 0 Å². The van der Waals surface area contributed by atoms with Crippen LogP contribution >= 0.6 is 0 Å². The molecule has 268 valence electrons. The summed E-state index contributed by atoms with van der Waals surface area (Å²) in [5.41, 5.74) is 11.0. The number of nitrogens with zero attached hydrogens (tertiary/aromatic N) is 1. The first-order chi connectivity index (χ1) is 29.9. The molecule has 0 aliphatic heterocycles. The highest BCUT2D eigenvalue weighted by Crippen LogP contribution is 2.42. The number of anilines is 3. The van der Waals surface area contributed by atoms with E-state index in [1.54, 1.807) is 0 Å². The first-order valence-electron chi connectivity index (χ1n) is 21.3. The van der Waals surface area contributed by atoms with Gasteiger partial charge < -0.3 is 4.90 Å². The number of fused-ring (bicyclic) bond motifs is 2. The third-order valence-corrected chi connectivity index (χ3v) is 10.7. The number of hydrogen-bond acceptors (Lipinski definition) is 1. The normalized spacial score (nSPS) is 12.1. The van der Waals surface area contributed by atoms with Gasteiger partial charge in [0.15, 0.2) is 0 Å². The molecule has 10 rings (SSSR count). The molecule has 57 heavy (non-hydrogen) atoms. The van der Waals surface area contributed by atoms with Gasteiger partial charge in [-0.25, -0.2) is 0 Å². The van der Waals surface area contributed by atoms with Crippen molar-refractivity contribution in [1.29, 1.82) is 0 Å². The summed E-state index contributed by atoms with van der Waals surface area (Å²) in [6.07, 6.45) is 0. The summed E-state index contributed by atoms with van der Waals surface area (Å²) in [5, 5.41) is 4.58. The van der Waals surface area contributed by atoms with Crippen molar-refractivity contribution in [3.63, 3.8) is 0 Å². The molecule has 0 unspecified atom stereocenters. The van der Waals surface area contributed by atoms with Crippen LogP contribution in [0.5, 0.6) is 0 Å². The van der Waals surface area contributed by atoms with Gasteiger partial charge in [0, 0.05) is 17.1 Å². The summed E-state index contributed by atoms with van der Waals surface area (Å²) in [5.74, 6) is 0. The Morgan fingerprint density at radius 2 is 0.807 bits per heavy atom. The zero-order valence-electron chi connectivity index (χ0n) is 35.2. The number of rotatable bonds is 8. The van der Waals surface area contributed by atoms with E-state index < -0.39 is 0 Å². The standard InChI is InChI=1S/C56H39N/c1-3-12-40(13-4-1)42-22-24-43(25-23-42)44-28-33-51(34-29-44)57(53-20-11-19-49(39-53)50-27-26-41-14-7-8-18-48(41)38-50)52-35-30-47(31-36-52)56-54-21-10-9-17-46(54)32-37-55(56)45-15-5-2-6-16-45/h1-39H/i28D,29D,33D,34D. The minimum absolute atomic E-state index is 0.0981. The second kappa shape index (κ2) is 15.0. The third-order valence-electron chi connectivity index (χ3n) is 10.7. The molecule has 0 bridgehead atoms. The van der Waals surface area contributed by atoms with E-state index in [9.17, 15) is 5.48 Å². The second-order valence-corrected chi connectivity index (χ2v) is 14.2. The zero-order valence-corrected chi connectivity index (χ0v) is 31.2. The molecule has 0 spiro atoms. The molecule has 0 atom stereocenters. The molecule has 0 saturated heterocycles. The van der Waals surface area contributed by atoms with Crippen molar-refractivity contribution in [3.05, 3.63) is 236 Å². The van der Waals surface area contributed by atoms with E-state index in [1.165, 1.54) is 0 Å². The molecule has 0 aliphatic rings. The van der Waals surface area contributed by atoms with Gasteiger partial charge in [-0.1, -0.05) is 194 Å². The quantitative estimate of drug-likeness (QED) is 0.151. The highest BCUT2D eigenvalue weighted by molar-refractivity contribution is 6.04. The largest absolute Gasteiger partial charge is 0.310 e. The van der Waals surface area contributed by atoms with Gasteiger partial charge in [-0.05, 0) is 120 Å². The maximum atomic E-state index is 9.59. The van der Waals surface area contributed by atoms with Gasteiger partial charge in [0.2, 0.25) is 0 Å². The summed E-state index contributed by atoms with van der Waals surface area (Å²) in [4.78, 5) is 1.87. The topological polar surface area (TPSA) is 3.24 Å². The lowest BCUT2D eigenvalue weighted by Gasteiger charge is -2.27. The SMILES string of the molecule is [2H]c1c([2H])c(N(c2ccc(-c3c(-c4ccccc4)ccc4ccccc34)cc2)c2cccc(-c3ccc4ccccc4c3)c2)c([2H])c([2H])c1-c1ccc(-c2ccccc2)cc1. The Labute approximate surface area is 340 Å². The summed E-state index contributed by atoms with van der Waals surface area (Å²) in [6.45, 7) is 0. The van der Waals surface area contributed by atoms with Crippen LogP contribution in [0.4, 0.5) is 17.1 Å². The van der Waals surface area contributed by atoms with Gasteiger partial charge in [0.25, 0.3) is 0 Å². The Balaban J connectivity index is 1.13. The predicted octanol–water partition coefficient (Wildman–Crippen LogP) is 15.8. The second-order valence-electron chi connectivity index (χ2n) is 14.2. The van der Waals surface area contributed by atoms with Crippen molar-refractivity contribution >= 4 is 38.6 Å². The van der Waals surface area contributed by atoms with Crippen LogP contribution in [0.3, 0.4) is 0 Å². The summed E-state index contributed by atoms with van der Waals surface area (Å²) in [6, 6.07) is 71.6. The highest BCUT2D eigenvalue weighted by Gasteiger charge is 2.17. The van der Waals surface area contributed by atoms with Gasteiger partial charge >= 0.3 is 0 Å². The number of hydrogen-bond donors (Lipinski definition) is 0. The van der Waals surface area contributed by atoms with Crippen molar-refractivity contribution < 1.29 is 5.48 Å². The van der Waals surface area contributed by atoms with Crippen LogP contribution in [-0.4, -0.2) is 0 Å². The van der Waals surface area contributed by atoms with Crippen LogP contribution in [0, 0.1) is 0 Å². The molecule has 0 aromatic heterocycles. The molecule has 10 aromatic carbocycles. The molecule has 10 aromatic rings. The van der Waals surface area contributed by atoms with Crippen molar-refractivity contribution in [2.75, 3.05) is 4.90 Å². The van der Waals surface area contributed by atoms with Gasteiger partial charge in [0.1, 0.15) is 0 Å². The van der Waals surface area contributed by atoms with Crippen LogP contribution in [0.25, 0.3) is 77.2 Å². The van der Waals surface area contributed by atoms with Crippen molar-refractivity contribution in [2.24, 2.45) is 0 Å². The van der Waals surface area contributed by atoms with E-state index in [-0.39, 0.29) is 35.4 Å². The van der Waals surface area contributed by atoms with E-state index in [0.29, 0.717) is 16.9 Å². The molecular weight excluding hydrogens is 687 g/mol. The lowest BCUT2D eigenvalue weighted by atomic mass is 9.89. The van der Waals surface area contributed by atoms with Gasteiger partial charge in [0.05, 0.1) is 5.48 Å². The lowest BCUT2D eigenvalue weighted by molar-refractivity contribution is 1.28. The molecule has 1 heteroatoms. The molecule has 0 saturated carbocycles. The van der Waals surface area contributed by atoms with Gasteiger partial charge in [-0.3, -0.25) is 0 Å². The molecule has 0 amide bonds. The van der Waals surface area contributed by atoms with Crippen molar-refractivity contribution in [3.8, 4) is 55.6 Å². The average Bonchev–Trinajstić information content (AvgIpc) is 3.33. The Morgan fingerprint density at radius 1 is 0.281 bits per heavy atom. The fourth-order valence-electron chi connectivity index (χ4n) is 7.84. The molecule has 0 radical (unpaired) electrons. The van der Waals surface area contributed by atoms with Crippen LogP contribution in [0.2, 0.25) is 0 Å². The zero-order chi connectivity index (χ0) is 41.5. The summed E-state index contributed by atoms with van der Waals surface area (Å²) >= 11 is 0. The maximum absolute atomic E-state index is 9.59. The van der Waals surface area contributed by atoms with E-state index in [2.05, 4.69) is 115 Å². The van der Waals surface area contributed by atoms with Crippen molar-refractivity contribution in [2.45, 2.75) is 0 Å². The third kappa shape index (κ3) is 6.77. The fraction of sp³-hybridized carbons (Fsp3) is 0. The Morgan fingerprint density at radius 3 is 1.54 bits per heavy atom. The van der Waals surface area contributed by atoms with Crippen LogP contribution in [-0.2, 0) is 0 Å². The molecule has 0 fully saturated rings. The Hall–Kier alpha value is -7.48. The first-order valence-corrected chi connectivity index (χ1v) is 19.3. The lowest BCUT2D eigenvalue weighted by Crippen LogP contribution is -2.10. The molecule has 0 aliphatic carbocycles. The monoisotopic (exact) mass is 729 g/mol. The molecule has 0 N–H and O–H groups in total. The minimum Gasteiger partial charge on any atom is -0.310 e. The highest BCUT2D eigenvalue weighted by atomic mass is 15.1. The Bertz CT molecular complexity index is 3190. The first kappa shape index (κ1) is 29.8. The molecule has 0 heterocycles. The Kier molecular flexibility index (Phi) is 7.84.